The molecule has 0 saturated heterocycles. The monoisotopic (exact) mass is 283 g/mol. The fourth-order valence-electron chi connectivity index (χ4n) is 2.69. The summed E-state index contributed by atoms with van der Waals surface area (Å²) in [6.45, 7) is 2.97. The van der Waals surface area contributed by atoms with E-state index < -0.39 is 0 Å². The molecule has 4 heteroatoms. The van der Waals surface area contributed by atoms with Gasteiger partial charge in [0.05, 0.1) is 11.1 Å². The second kappa shape index (κ2) is 5.35. The number of aromatic nitrogens is 1. The van der Waals surface area contributed by atoms with Crippen molar-refractivity contribution in [1.82, 2.24) is 10.3 Å². The zero-order valence-corrected chi connectivity index (χ0v) is 12.6. The third-order valence-electron chi connectivity index (χ3n) is 4.55. The second-order valence-corrected chi connectivity index (χ2v) is 5.86. The average molecular weight is 283 g/mol. The number of pyridine rings is 1. The molecule has 1 aliphatic carbocycles. The lowest BCUT2D eigenvalue weighted by molar-refractivity contribution is 0.0946. The highest BCUT2D eigenvalue weighted by molar-refractivity contribution is 6.07. The number of anilines is 1. The number of hydrogen-bond donors (Lipinski definition) is 2. The molecule has 1 saturated carbocycles. The molecule has 0 radical (unpaired) electrons. The number of amides is 1. The van der Waals surface area contributed by atoms with Gasteiger partial charge in [-0.05, 0) is 36.8 Å². The van der Waals surface area contributed by atoms with Crippen LogP contribution in [0.5, 0.6) is 0 Å². The Morgan fingerprint density at radius 3 is 2.76 bits per heavy atom. The van der Waals surface area contributed by atoms with E-state index in [0.29, 0.717) is 11.0 Å². The van der Waals surface area contributed by atoms with Crippen LogP contribution in [0, 0.1) is 5.41 Å². The van der Waals surface area contributed by atoms with Crippen molar-refractivity contribution in [3.63, 3.8) is 0 Å². The van der Waals surface area contributed by atoms with Crippen molar-refractivity contribution in [1.29, 1.82) is 0 Å². The Balaban J connectivity index is 1.89. The lowest BCUT2D eigenvalue weighted by Crippen LogP contribution is -2.30. The second-order valence-electron chi connectivity index (χ2n) is 5.86. The minimum Gasteiger partial charge on any atom is -0.373 e. The lowest BCUT2D eigenvalue weighted by Gasteiger charge is -2.15. The molecule has 110 valence electrons. The summed E-state index contributed by atoms with van der Waals surface area (Å²) in [5.41, 5.74) is 1.88. The molecule has 2 aromatic rings. The third-order valence-corrected chi connectivity index (χ3v) is 4.55. The quantitative estimate of drug-likeness (QED) is 0.886. The Labute approximate surface area is 125 Å². The molecule has 0 atom stereocenters. The Morgan fingerprint density at radius 1 is 1.33 bits per heavy atom. The van der Waals surface area contributed by atoms with E-state index in [4.69, 9.17) is 0 Å². The molecule has 0 bridgehead atoms. The van der Waals surface area contributed by atoms with Crippen LogP contribution in [0.1, 0.15) is 36.5 Å². The van der Waals surface area contributed by atoms with Crippen LogP contribution < -0.4 is 10.6 Å². The van der Waals surface area contributed by atoms with Crippen LogP contribution in [-0.2, 0) is 0 Å². The Kier molecular flexibility index (Phi) is 3.53. The third kappa shape index (κ3) is 2.71. The summed E-state index contributed by atoms with van der Waals surface area (Å²) < 4.78 is 0. The minimum absolute atomic E-state index is 0.00942. The predicted octanol–water partition coefficient (Wildman–Crippen LogP) is 3.20. The normalized spacial score (nSPS) is 15.7. The van der Waals surface area contributed by atoms with Crippen molar-refractivity contribution in [2.45, 2.75) is 26.2 Å². The number of carbonyl (C=O) groups is 1. The maximum atomic E-state index is 12.6. The molecular weight excluding hydrogens is 262 g/mol. The molecule has 3 rings (SSSR count). The summed E-state index contributed by atoms with van der Waals surface area (Å²) in [5, 5.41) is 7.02. The lowest BCUT2D eigenvalue weighted by atomic mass is 10.0. The van der Waals surface area contributed by atoms with Gasteiger partial charge in [-0.2, -0.15) is 0 Å². The van der Waals surface area contributed by atoms with Crippen LogP contribution in [0.3, 0.4) is 0 Å². The molecule has 4 nitrogen and oxygen atoms in total. The first-order valence-corrected chi connectivity index (χ1v) is 7.53. The van der Waals surface area contributed by atoms with Crippen LogP contribution in [-0.4, -0.2) is 24.5 Å². The highest BCUT2D eigenvalue weighted by atomic mass is 16.1. The van der Waals surface area contributed by atoms with Crippen LogP contribution in [0.15, 0.2) is 30.3 Å². The molecular formula is C17H21N3O. The number of benzene rings is 1. The molecule has 2 N–H and O–H groups in total. The largest absolute Gasteiger partial charge is 0.373 e. The Bertz CT molecular complexity index is 677. The fourth-order valence-corrected chi connectivity index (χ4v) is 2.69. The molecule has 1 aromatic heterocycles. The summed E-state index contributed by atoms with van der Waals surface area (Å²) in [5.74, 6) is 0.709. The summed E-state index contributed by atoms with van der Waals surface area (Å²) >= 11 is 0. The summed E-state index contributed by atoms with van der Waals surface area (Å²) in [6.07, 6.45) is 3.58. The Hall–Kier alpha value is -2.10. The maximum absolute atomic E-state index is 12.6. The van der Waals surface area contributed by atoms with Gasteiger partial charge in [0.2, 0.25) is 0 Å². The van der Waals surface area contributed by atoms with E-state index >= 15 is 0 Å². The number of hydrogen-bond acceptors (Lipinski definition) is 3. The molecule has 0 spiro atoms. The molecule has 21 heavy (non-hydrogen) atoms. The SMILES string of the molecule is CCC1(CNC(=O)c2cc(NC)nc3ccccc23)CC1. The van der Waals surface area contributed by atoms with Crippen molar-refractivity contribution >= 4 is 22.6 Å². The van der Waals surface area contributed by atoms with Crippen LogP contribution in [0.2, 0.25) is 0 Å². The molecule has 1 aromatic carbocycles. The van der Waals surface area contributed by atoms with E-state index in [1.165, 1.54) is 12.8 Å². The first-order chi connectivity index (χ1) is 10.2. The van der Waals surface area contributed by atoms with Gasteiger partial charge in [0, 0.05) is 19.0 Å². The van der Waals surface area contributed by atoms with Crippen LogP contribution in [0.4, 0.5) is 5.82 Å². The molecule has 1 amide bonds. The minimum atomic E-state index is -0.00942. The van der Waals surface area contributed by atoms with Gasteiger partial charge in [0.25, 0.3) is 5.91 Å². The number of nitrogens with zero attached hydrogens (tertiary/aromatic N) is 1. The van der Waals surface area contributed by atoms with Gasteiger partial charge in [-0.25, -0.2) is 4.98 Å². The average Bonchev–Trinajstić information content (AvgIpc) is 3.32. The van der Waals surface area contributed by atoms with Crippen molar-refractivity contribution in [3.05, 3.63) is 35.9 Å². The number of para-hydroxylation sites is 1. The van der Waals surface area contributed by atoms with Gasteiger partial charge < -0.3 is 10.6 Å². The molecule has 0 aliphatic heterocycles. The van der Waals surface area contributed by atoms with Gasteiger partial charge in [-0.3, -0.25) is 4.79 Å². The number of carbonyl (C=O) groups excluding carboxylic acids is 1. The van der Waals surface area contributed by atoms with Crippen LogP contribution >= 0.6 is 0 Å². The van der Waals surface area contributed by atoms with Crippen molar-refractivity contribution in [2.75, 3.05) is 18.9 Å². The molecule has 1 heterocycles. The van der Waals surface area contributed by atoms with Gasteiger partial charge in [0.1, 0.15) is 5.82 Å². The van der Waals surface area contributed by atoms with E-state index in [9.17, 15) is 4.79 Å². The van der Waals surface area contributed by atoms with Crippen molar-refractivity contribution in [3.8, 4) is 0 Å². The highest BCUT2D eigenvalue weighted by Crippen LogP contribution is 2.47. The maximum Gasteiger partial charge on any atom is 0.252 e. The predicted molar refractivity (Wildman–Crippen MR) is 85.6 cm³/mol. The van der Waals surface area contributed by atoms with E-state index in [0.717, 1.165) is 29.7 Å². The standard InChI is InChI=1S/C17H21N3O/c1-3-17(8-9-17)11-19-16(21)13-10-15(18-2)20-14-7-5-4-6-12(13)14/h4-7,10H,3,8-9,11H2,1-2H3,(H,18,20)(H,19,21). The van der Waals surface area contributed by atoms with Crippen molar-refractivity contribution in [2.24, 2.45) is 5.41 Å². The summed E-state index contributed by atoms with van der Waals surface area (Å²) in [6, 6.07) is 9.58. The number of rotatable bonds is 5. The van der Waals surface area contributed by atoms with Crippen LogP contribution in [0.25, 0.3) is 10.9 Å². The van der Waals surface area contributed by atoms with E-state index in [1.54, 1.807) is 0 Å². The smallest absolute Gasteiger partial charge is 0.252 e. The molecule has 1 fully saturated rings. The first-order valence-electron chi connectivity index (χ1n) is 7.53. The fraction of sp³-hybridized carbons (Fsp3) is 0.412. The van der Waals surface area contributed by atoms with E-state index in [-0.39, 0.29) is 5.91 Å². The zero-order chi connectivity index (χ0) is 14.9. The van der Waals surface area contributed by atoms with Gasteiger partial charge in [0.15, 0.2) is 0 Å². The van der Waals surface area contributed by atoms with Gasteiger partial charge in [-0.15, -0.1) is 0 Å². The van der Waals surface area contributed by atoms with E-state index in [1.807, 2.05) is 37.4 Å². The van der Waals surface area contributed by atoms with E-state index in [2.05, 4.69) is 22.5 Å². The van der Waals surface area contributed by atoms with Gasteiger partial charge in [-0.1, -0.05) is 25.1 Å². The number of nitrogens with one attached hydrogen (secondary N) is 2. The molecule has 0 unspecified atom stereocenters. The Morgan fingerprint density at radius 2 is 2.10 bits per heavy atom. The first kappa shape index (κ1) is 13.9. The zero-order valence-electron chi connectivity index (χ0n) is 12.6. The summed E-state index contributed by atoms with van der Waals surface area (Å²) in [7, 11) is 1.81. The number of fused-ring (bicyclic) bond motifs is 1. The van der Waals surface area contributed by atoms with Gasteiger partial charge >= 0.3 is 0 Å². The summed E-state index contributed by atoms with van der Waals surface area (Å²) in [4.78, 5) is 17.0. The van der Waals surface area contributed by atoms with Crippen molar-refractivity contribution < 1.29 is 4.79 Å². The molecule has 1 aliphatic rings. The highest BCUT2D eigenvalue weighted by Gasteiger charge is 2.40. The topological polar surface area (TPSA) is 54.0 Å².